The van der Waals surface area contributed by atoms with Crippen molar-refractivity contribution >= 4 is 0 Å². The normalized spacial score (nSPS) is 21.1. The van der Waals surface area contributed by atoms with Crippen LogP contribution in [0.3, 0.4) is 0 Å². The molecule has 1 unspecified atom stereocenters. The summed E-state index contributed by atoms with van der Waals surface area (Å²) in [6.07, 6.45) is 5.13. The molecule has 20 heavy (non-hydrogen) atoms. The maximum Gasteiger partial charge on any atom is 0.0992 e. The van der Waals surface area contributed by atoms with Gasteiger partial charge in [0.2, 0.25) is 0 Å². The minimum absolute atomic E-state index is 0.271. The molecule has 2 rings (SSSR count). The lowest BCUT2D eigenvalue weighted by atomic mass is 9.93. The number of hydrogen-bond acceptors (Lipinski definition) is 3. The molecule has 0 aliphatic heterocycles. The second kappa shape index (κ2) is 6.25. The fourth-order valence-electron chi connectivity index (χ4n) is 3.25. The minimum Gasteiger partial charge on any atom is -0.384 e. The molecule has 0 heterocycles. The predicted molar refractivity (Wildman–Crippen MR) is 83.8 cm³/mol. The number of likely N-dealkylation sites (N-methyl/N-ethyl adjacent to an activating group) is 1. The van der Waals surface area contributed by atoms with Crippen molar-refractivity contribution in [3.63, 3.8) is 0 Å². The van der Waals surface area contributed by atoms with Crippen LogP contribution in [-0.4, -0.2) is 42.7 Å². The second-order valence-corrected chi connectivity index (χ2v) is 6.57. The third-order valence-corrected chi connectivity index (χ3v) is 4.80. The fraction of sp³-hybridized carbons (Fsp3) is 0.647. The summed E-state index contributed by atoms with van der Waals surface area (Å²) in [6.45, 7) is 3.42. The van der Waals surface area contributed by atoms with E-state index in [1.54, 1.807) is 0 Å². The molecule has 0 aromatic heterocycles. The van der Waals surface area contributed by atoms with Crippen molar-refractivity contribution in [2.24, 2.45) is 0 Å². The van der Waals surface area contributed by atoms with Crippen LogP contribution in [0.1, 0.15) is 38.2 Å². The van der Waals surface area contributed by atoms with E-state index in [0.29, 0.717) is 6.54 Å². The van der Waals surface area contributed by atoms with Crippen LogP contribution in [0.25, 0.3) is 0 Å². The molecule has 0 amide bonds. The summed E-state index contributed by atoms with van der Waals surface area (Å²) >= 11 is 0. The monoisotopic (exact) mass is 276 g/mol. The zero-order valence-electron chi connectivity index (χ0n) is 13.0. The topological polar surface area (TPSA) is 35.5 Å². The first-order valence-corrected chi connectivity index (χ1v) is 7.62. The predicted octanol–water partition coefficient (Wildman–Crippen LogP) is 2.36. The van der Waals surface area contributed by atoms with E-state index in [-0.39, 0.29) is 5.54 Å². The Hall–Kier alpha value is -0.900. The number of benzene rings is 1. The molecule has 1 aromatic rings. The highest BCUT2D eigenvalue weighted by atomic mass is 16.3. The Morgan fingerprint density at radius 3 is 2.35 bits per heavy atom. The van der Waals surface area contributed by atoms with Crippen molar-refractivity contribution in [2.45, 2.75) is 43.7 Å². The molecule has 2 N–H and O–H groups in total. The van der Waals surface area contributed by atoms with E-state index in [4.69, 9.17) is 0 Å². The summed E-state index contributed by atoms with van der Waals surface area (Å²) in [4.78, 5) is 2.35. The third kappa shape index (κ3) is 3.40. The van der Waals surface area contributed by atoms with Crippen molar-refractivity contribution in [2.75, 3.05) is 27.2 Å². The van der Waals surface area contributed by atoms with Gasteiger partial charge in [0.05, 0.1) is 5.60 Å². The molecule has 1 saturated carbocycles. The molecule has 1 fully saturated rings. The maximum atomic E-state index is 10.6. The standard InChI is InChI=1S/C17H28N2O/c1-16(20,15-9-5-4-6-10-15)13-18-14-17(19(2)3)11-7-8-12-17/h4-6,9-10,18,20H,7-8,11-14H2,1-3H3. The smallest absolute Gasteiger partial charge is 0.0992 e. The van der Waals surface area contributed by atoms with Gasteiger partial charge in [-0.1, -0.05) is 43.2 Å². The van der Waals surface area contributed by atoms with Crippen LogP contribution in [0.2, 0.25) is 0 Å². The van der Waals surface area contributed by atoms with Crippen LogP contribution < -0.4 is 5.32 Å². The average Bonchev–Trinajstić information content (AvgIpc) is 2.90. The van der Waals surface area contributed by atoms with Gasteiger partial charge in [-0.25, -0.2) is 0 Å². The summed E-state index contributed by atoms with van der Waals surface area (Å²) in [5, 5.41) is 14.1. The molecule has 0 bridgehead atoms. The van der Waals surface area contributed by atoms with Crippen LogP contribution in [0, 0.1) is 0 Å². The Morgan fingerprint density at radius 2 is 1.80 bits per heavy atom. The van der Waals surface area contributed by atoms with Gasteiger partial charge in [-0.3, -0.25) is 0 Å². The molecule has 1 aliphatic carbocycles. The molecule has 0 radical (unpaired) electrons. The molecule has 3 nitrogen and oxygen atoms in total. The van der Waals surface area contributed by atoms with Gasteiger partial charge in [0.25, 0.3) is 0 Å². The van der Waals surface area contributed by atoms with Gasteiger partial charge in [-0.15, -0.1) is 0 Å². The lowest BCUT2D eigenvalue weighted by Gasteiger charge is -2.37. The Morgan fingerprint density at radius 1 is 1.20 bits per heavy atom. The van der Waals surface area contributed by atoms with Crippen LogP contribution >= 0.6 is 0 Å². The van der Waals surface area contributed by atoms with Gasteiger partial charge >= 0.3 is 0 Å². The zero-order chi connectivity index (χ0) is 14.6. The number of rotatable bonds is 6. The molecule has 1 aliphatic rings. The Balaban J connectivity index is 1.92. The Kier molecular flexibility index (Phi) is 4.84. The van der Waals surface area contributed by atoms with E-state index in [1.807, 2.05) is 37.3 Å². The van der Waals surface area contributed by atoms with Crippen molar-refractivity contribution in [1.82, 2.24) is 10.2 Å². The van der Waals surface area contributed by atoms with Gasteiger partial charge in [0.1, 0.15) is 0 Å². The summed E-state index contributed by atoms with van der Waals surface area (Å²) < 4.78 is 0. The number of nitrogens with zero attached hydrogens (tertiary/aromatic N) is 1. The van der Waals surface area contributed by atoms with E-state index >= 15 is 0 Å². The van der Waals surface area contributed by atoms with E-state index in [9.17, 15) is 5.11 Å². The highest BCUT2D eigenvalue weighted by Gasteiger charge is 2.36. The average molecular weight is 276 g/mol. The van der Waals surface area contributed by atoms with Crippen molar-refractivity contribution in [3.05, 3.63) is 35.9 Å². The van der Waals surface area contributed by atoms with Crippen LogP contribution in [0.5, 0.6) is 0 Å². The largest absolute Gasteiger partial charge is 0.384 e. The molecule has 3 heteroatoms. The van der Waals surface area contributed by atoms with Gasteiger partial charge in [-0.2, -0.15) is 0 Å². The Bertz CT molecular complexity index is 408. The highest BCUT2D eigenvalue weighted by molar-refractivity contribution is 5.21. The molecule has 1 atom stereocenters. The van der Waals surface area contributed by atoms with Gasteiger partial charge in [0.15, 0.2) is 0 Å². The second-order valence-electron chi connectivity index (χ2n) is 6.57. The van der Waals surface area contributed by atoms with Gasteiger partial charge in [0, 0.05) is 18.6 Å². The van der Waals surface area contributed by atoms with E-state index in [1.165, 1.54) is 25.7 Å². The van der Waals surface area contributed by atoms with Gasteiger partial charge in [-0.05, 0) is 39.4 Å². The highest BCUT2D eigenvalue weighted by Crippen LogP contribution is 2.33. The van der Waals surface area contributed by atoms with Crippen molar-refractivity contribution < 1.29 is 5.11 Å². The molecule has 0 spiro atoms. The van der Waals surface area contributed by atoms with E-state index < -0.39 is 5.60 Å². The first kappa shape index (κ1) is 15.5. The van der Waals surface area contributed by atoms with Gasteiger partial charge < -0.3 is 15.3 Å². The lowest BCUT2D eigenvalue weighted by Crippen LogP contribution is -2.51. The molecule has 112 valence electrons. The minimum atomic E-state index is -0.812. The molecule has 1 aromatic carbocycles. The van der Waals surface area contributed by atoms with E-state index in [0.717, 1.165) is 12.1 Å². The summed E-state index contributed by atoms with van der Waals surface area (Å²) in [5.74, 6) is 0. The first-order valence-electron chi connectivity index (χ1n) is 7.62. The first-order chi connectivity index (χ1) is 9.46. The Labute approximate surface area is 123 Å². The summed E-state index contributed by atoms with van der Waals surface area (Å²) in [5.41, 5.74) is 0.429. The molecule has 0 saturated heterocycles. The maximum absolute atomic E-state index is 10.6. The zero-order valence-corrected chi connectivity index (χ0v) is 13.0. The van der Waals surface area contributed by atoms with Crippen LogP contribution in [-0.2, 0) is 5.60 Å². The SMILES string of the molecule is CN(C)C1(CNCC(C)(O)c2ccccc2)CCCC1. The number of aliphatic hydroxyl groups is 1. The van der Waals surface area contributed by atoms with Crippen molar-refractivity contribution in [3.8, 4) is 0 Å². The lowest BCUT2D eigenvalue weighted by molar-refractivity contribution is 0.0504. The van der Waals surface area contributed by atoms with Crippen LogP contribution in [0.15, 0.2) is 30.3 Å². The fourth-order valence-corrected chi connectivity index (χ4v) is 3.25. The summed E-state index contributed by atoms with van der Waals surface area (Å²) in [7, 11) is 4.34. The number of nitrogens with one attached hydrogen (secondary N) is 1. The van der Waals surface area contributed by atoms with Crippen molar-refractivity contribution in [1.29, 1.82) is 0 Å². The third-order valence-electron chi connectivity index (χ3n) is 4.80. The van der Waals surface area contributed by atoms with Crippen LogP contribution in [0.4, 0.5) is 0 Å². The molecular weight excluding hydrogens is 248 g/mol. The quantitative estimate of drug-likeness (QED) is 0.837. The summed E-state index contributed by atoms with van der Waals surface area (Å²) in [6, 6.07) is 9.90. The number of hydrogen-bond donors (Lipinski definition) is 2. The van der Waals surface area contributed by atoms with E-state index in [2.05, 4.69) is 24.3 Å². The molecular formula is C17H28N2O.